The minimum atomic E-state index is -0.951. The molecule has 0 bridgehead atoms. The molecule has 0 saturated carbocycles. The number of ether oxygens (including phenoxy) is 1. The van der Waals surface area contributed by atoms with Crippen LogP contribution in [0.5, 0.6) is 5.75 Å². The molecule has 176 valence electrons. The Morgan fingerprint density at radius 1 is 1.12 bits per heavy atom. The molecule has 0 atom stereocenters. The van der Waals surface area contributed by atoms with Crippen LogP contribution in [0.3, 0.4) is 0 Å². The number of methoxy groups -OCH3 is 1. The highest BCUT2D eigenvalue weighted by Gasteiger charge is 2.24. The van der Waals surface area contributed by atoms with Gasteiger partial charge in [-0.25, -0.2) is 4.79 Å². The number of piperidine rings is 1. The van der Waals surface area contributed by atoms with Crippen molar-refractivity contribution in [2.75, 3.05) is 20.2 Å². The van der Waals surface area contributed by atoms with Crippen LogP contribution in [0.4, 0.5) is 0 Å². The van der Waals surface area contributed by atoms with E-state index in [0.717, 1.165) is 51.0 Å². The molecule has 0 unspecified atom stereocenters. The number of rotatable bonds is 8. The van der Waals surface area contributed by atoms with Gasteiger partial charge in [-0.15, -0.1) is 0 Å². The van der Waals surface area contributed by atoms with Crippen LogP contribution in [0.2, 0.25) is 0 Å². The molecule has 1 aliphatic rings. The molecule has 2 aromatic carbocycles. The van der Waals surface area contributed by atoms with E-state index < -0.39 is 5.97 Å². The predicted octanol–water partition coefficient (Wildman–Crippen LogP) is 6.03. The van der Waals surface area contributed by atoms with Crippen LogP contribution < -0.4 is 4.74 Å². The van der Waals surface area contributed by atoms with Gasteiger partial charge in [0.1, 0.15) is 11.3 Å². The topological polar surface area (TPSA) is 54.7 Å². The minimum absolute atomic E-state index is 0.227. The summed E-state index contributed by atoms with van der Waals surface area (Å²) in [4.78, 5) is 14.0. The second kappa shape index (κ2) is 10.0. The van der Waals surface area contributed by atoms with Gasteiger partial charge in [0.15, 0.2) is 0 Å². The predicted molar refractivity (Wildman–Crippen MR) is 137 cm³/mol. The maximum atomic E-state index is 11.6. The molecule has 1 fully saturated rings. The van der Waals surface area contributed by atoms with E-state index in [2.05, 4.69) is 56.8 Å². The smallest absolute Gasteiger partial charge is 0.339 e. The van der Waals surface area contributed by atoms with E-state index in [1.807, 2.05) is 6.07 Å². The number of hydrogen-bond acceptors (Lipinski definition) is 4. The van der Waals surface area contributed by atoms with Crippen LogP contribution in [0.1, 0.15) is 45.8 Å². The largest absolute Gasteiger partial charge is 0.496 e. The lowest BCUT2D eigenvalue weighted by molar-refractivity contribution is 0.0693. The van der Waals surface area contributed by atoms with Crippen LogP contribution in [0, 0.1) is 0 Å². The Morgan fingerprint density at radius 2 is 1.94 bits per heavy atom. The number of fused-ring (bicyclic) bond motifs is 1. The zero-order valence-electron chi connectivity index (χ0n) is 19.4. The van der Waals surface area contributed by atoms with Crippen molar-refractivity contribution in [2.24, 2.45) is 0 Å². The molecule has 1 saturated heterocycles. The fraction of sp³-hybridized carbons (Fsp3) is 0.321. The number of nitrogens with zero attached hydrogens (tertiary/aromatic N) is 2. The fourth-order valence-electron chi connectivity index (χ4n) is 5.15. The average Bonchev–Trinajstić information content (AvgIpc) is 3.51. The summed E-state index contributed by atoms with van der Waals surface area (Å²) in [7, 11) is 1.51. The fourth-order valence-corrected chi connectivity index (χ4v) is 5.85. The van der Waals surface area contributed by atoms with Crippen LogP contribution >= 0.6 is 11.3 Å². The maximum absolute atomic E-state index is 11.6. The van der Waals surface area contributed by atoms with Gasteiger partial charge in [0.2, 0.25) is 0 Å². The summed E-state index contributed by atoms with van der Waals surface area (Å²) in [5, 5.41) is 15.2. The van der Waals surface area contributed by atoms with Crippen molar-refractivity contribution in [2.45, 2.75) is 38.3 Å². The summed E-state index contributed by atoms with van der Waals surface area (Å²) in [5.74, 6) is 0.00661. The Balaban J connectivity index is 1.27. The van der Waals surface area contributed by atoms with Crippen molar-refractivity contribution in [3.05, 3.63) is 87.7 Å². The number of hydrogen-bond donors (Lipinski definition) is 1. The summed E-state index contributed by atoms with van der Waals surface area (Å²) in [6.07, 6.45) is 5.67. The van der Waals surface area contributed by atoms with Gasteiger partial charge in [0, 0.05) is 30.2 Å². The molecule has 0 aliphatic carbocycles. The van der Waals surface area contributed by atoms with Crippen molar-refractivity contribution in [1.82, 2.24) is 9.47 Å². The zero-order chi connectivity index (χ0) is 23.5. The van der Waals surface area contributed by atoms with Crippen molar-refractivity contribution < 1.29 is 14.6 Å². The van der Waals surface area contributed by atoms with Gasteiger partial charge >= 0.3 is 5.97 Å². The van der Waals surface area contributed by atoms with Gasteiger partial charge in [0.05, 0.1) is 7.11 Å². The molecule has 1 aliphatic heterocycles. The molecule has 5 nitrogen and oxygen atoms in total. The van der Waals surface area contributed by atoms with Gasteiger partial charge in [-0.1, -0.05) is 24.3 Å². The lowest BCUT2D eigenvalue weighted by atomic mass is 9.89. The maximum Gasteiger partial charge on any atom is 0.339 e. The van der Waals surface area contributed by atoms with E-state index in [1.165, 1.54) is 29.1 Å². The summed E-state index contributed by atoms with van der Waals surface area (Å²) < 4.78 is 7.62. The van der Waals surface area contributed by atoms with E-state index in [9.17, 15) is 9.90 Å². The molecule has 5 rings (SSSR count). The molecule has 34 heavy (non-hydrogen) atoms. The van der Waals surface area contributed by atoms with E-state index in [1.54, 1.807) is 23.5 Å². The highest BCUT2D eigenvalue weighted by atomic mass is 32.1. The van der Waals surface area contributed by atoms with Gasteiger partial charge in [-0.05, 0) is 90.0 Å². The van der Waals surface area contributed by atoms with Crippen LogP contribution in [0.25, 0.3) is 10.9 Å². The first-order valence-corrected chi connectivity index (χ1v) is 12.8. The Bertz CT molecular complexity index is 1270. The van der Waals surface area contributed by atoms with Crippen LogP contribution in [-0.4, -0.2) is 40.7 Å². The number of aryl methyl sites for hydroxylation is 2. The van der Waals surface area contributed by atoms with Crippen molar-refractivity contribution in [3.63, 3.8) is 0 Å². The summed E-state index contributed by atoms with van der Waals surface area (Å²) in [5.41, 5.74) is 5.45. The lowest BCUT2D eigenvalue weighted by Crippen LogP contribution is -2.32. The number of carboxylic acid groups (broad SMARTS) is 1. The molecular formula is C28H30N2O3S. The molecule has 1 N–H and O–H groups in total. The molecule has 2 aromatic heterocycles. The molecule has 3 heterocycles. The van der Waals surface area contributed by atoms with Crippen LogP contribution in [-0.2, 0) is 19.5 Å². The highest BCUT2D eigenvalue weighted by Crippen LogP contribution is 2.35. The molecule has 6 heteroatoms. The van der Waals surface area contributed by atoms with E-state index in [-0.39, 0.29) is 5.56 Å². The molecule has 4 aromatic rings. The number of carbonyl (C=O) groups is 1. The number of thiophene rings is 1. The van der Waals surface area contributed by atoms with Crippen molar-refractivity contribution in [1.29, 1.82) is 0 Å². The summed E-state index contributed by atoms with van der Waals surface area (Å²) in [6, 6.07) is 16.5. The highest BCUT2D eigenvalue weighted by molar-refractivity contribution is 7.07. The number of likely N-dealkylation sites (tertiary alicyclic amines) is 1. The first kappa shape index (κ1) is 22.7. The van der Waals surface area contributed by atoms with E-state index in [0.29, 0.717) is 11.7 Å². The second-order valence-corrected chi connectivity index (χ2v) is 9.85. The second-order valence-electron chi connectivity index (χ2n) is 9.07. The summed E-state index contributed by atoms with van der Waals surface area (Å²) in [6.45, 7) is 3.78. The van der Waals surface area contributed by atoms with Gasteiger partial charge in [-0.2, -0.15) is 11.3 Å². The SMILES string of the molecule is COc1ccc(CN2CCC(c3cn(CCc4ccsc4)c4ccccc34)CC2)cc1C(=O)O. The molecule has 0 spiro atoms. The Morgan fingerprint density at radius 3 is 2.68 bits per heavy atom. The van der Waals surface area contributed by atoms with E-state index in [4.69, 9.17) is 4.74 Å². The Labute approximate surface area is 204 Å². The molecule has 0 amide bonds. The number of aromatic nitrogens is 1. The Kier molecular flexibility index (Phi) is 6.70. The van der Waals surface area contributed by atoms with Gasteiger partial charge < -0.3 is 14.4 Å². The normalized spacial score (nSPS) is 15.1. The van der Waals surface area contributed by atoms with E-state index >= 15 is 0 Å². The monoisotopic (exact) mass is 474 g/mol. The third-order valence-corrected chi connectivity index (χ3v) is 7.70. The van der Waals surface area contributed by atoms with Gasteiger partial charge in [-0.3, -0.25) is 4.90 Å². The Hall–Kier alpha value is -3.09. The minimum Gasteiger partial charge on any atom is -0.496 e. The third-order valence-electron chi connectivity index (χ3n) is 6.97. The standard InChI is InChI=1S/C28H30N2O3S/c1-33-27-7-6-21(16-24(27)28(31)32)17-29-12-9-22(10-13-29)25-18-30(14-8-20-11-15-34-19-20)26-5-3-2-4-23(25)26/h2-7,11,15-16,18-19,22H,8-10,12-14,17H2,1H3,(H,31,32). The number of aromatic carboxylic acids is 1. The average molecular weight is 475 g/mol. The van der Waals surface area contributed by atoms with Crippen molar-refractivity contribution in [3.8, 4) is 5.75 Å². The van der Waals surface area contributed by atoms with Crippen LogP contribution in [0.15, 0.2) is 65.5 Å². The lowest BCUT2D eigenvalue weighted by Gasteiger charge is -2.32. The first-order chi connectivity index (χ1) is 16.6. The van der Waals surface area contributed by atoms with Gasteiger partial charge in [0.25, 0.3) is 0 Å². The summed E-state index contributed by atoms with van der Waals surface area (Å²) >= 11 is 1.76. The molecule has 0 radical (unpaired) electrons. The third kappa shape index (κ3) is 4.74. The zero-order valence-corrected chi connectivity index (χ0v) is 20.3. The first-order valence-electron chi connectivity index (χ1n) is 11.8. The quantitative estimate of drug-likeness (QED) is 0.339. The van der Waals surface area contributed by atoms with Crippen molar-refractivity contribution >= 4 is 28.2 Å². The number of benzene rings is 2. The number of para-hydroxylation sites is 1. The number of carboxylic acids is 1. The molecular weight excluding hydrogens is 444 g/mol.